The molecular weight excluding hydrogens is 346 g/mol. The average molecular weight is 366 g/mol. The van der Waals surface area contributed by atoms with Gasteiger partial charge in [-0.05, 0) is 68.4 Å². The number of benzene rings is 2. The summed E-state index contributed by atoms with van der Waals surface area (Å²) in [5.74, 6) is -0.0871. The fourth-order valence-corrected chi connectivity index (χ4v) is 3.01. The molecular formula is C21H20ClN3O. The number of hydrogen-bond acceptors (Lipinski definition) is 2. The molecule has 0 bridgehead atoms. The molecule has 0 unspecified atom stereocenters. The van der Waals surface area contributed by atoms with Gasteiger partial charge in [0, 0.05) is 46.5 Å². The van der Waals surface area contributed by atoms with Gasteiger partial charge in [-0.2, -0.15) is 0 Å². The molecule has 0 radical (unpaired) electrons. The van der Waals surface area contributed by atoms with Crippen LogP contribution in [0.2, 0.25) is 5.02 Å². The minimum absolute atomic E-state index is 0.0871. The van der Waals surface area contributed by atoms with Gasteiger partial charge in [0.2, 0.25) is 5.91 Å². The second-order valence-corrected chi connectivity index (χ2v) is 6.56. The summed E-state index contributed by atoms with van der Waals surface area (Å²) in [7, 11) is 0. The number of nitrogens with one attached hydrogen (secondary N) is 1. The van der Waals surface area contributed by atoms with Gasteiger partial charge in [-0.15, -0.1) is 0 Å². The summed E-state index contributed by atoms with van der Waals surface area (Å²) in [6.45, 7) is 5.63. The molecule has 0 atom stereocenters. The van der Waals surface area contributed by atoms with Crippen LogP contribution in [0.3, 0.4) is 0 Å². The largest absolute Gasteiger partial charge is 0.326 e. The molecule has 132 valence electrons. The summed E-state index contributed by atoms with van der Waals surface area (Å²) in [4.78, 5) is 15.6. The Labute approximate surface area is 158 Å². The molecule has 1 aromatic heterocycles. The monoisotopic (exact) mass is 365 g/mol. The van der Waals surface area contributed by atoms with Crippen molar-refractivity contribution in [2.45, 2.75) is 20.8 Å². The first-order valence-electron chi connectivity index (χ1n) is 8.30. The third-order valence-corrected chi connectivity index (χ3v) is 4.35. The van der Waals surface area contributed by atoms with Crippen molar-refractivity contribution in [2.24, 2.45) is 4.99 Å². The minimum atomic E-state index is -0.0871. The first kappa shape index (κ1) is 18.0. The Bertz CT molecular complexity index is 954. The van der Waals surface area contributed by atoms with Crippen LogP contribution in [-0.2, 0) is 4.79 Å². The predicted octanol–water partition coefficient (Wildman–Crippen LogP) is 5.46. The highest BCUT2D eigenvalue weighted by Crippen LogP contribution is 2.22. The van der Waals surface area contributed by atoms with Gasteiger partial charge in [-0.25, -0.2) is 0 Å². The van der Waals surface area contributed by atoms with Crippen molar-refractivity contribution in [1.82, 2.24) is 4.57 Å². The van der Waals surface area contributed by atoms with Crippen molar-refractivity contribution >= 4 is 35.1 Å². The molecule has 0 aliphatic carbocycles. The number of aliphatic imine (C=N–C) groups is 1. The van der Waals surface area contributed by atoms with E-state index in [1.165, 1.54) is 6.92 Å². The highest BCUT2D eigenvalue weighted by molar-refractivity contribution is 6.30. The molecule has 0 spiro atoms. The van der Waals surface area contributed by atoms with Crippen LogP contribution in [0.5, 0.6) is 0 Å². The van der Waals surface area contributed by atoms with E-state index in [-0.39, 0.29) is 5.91 Å². The van der Waals surface area contributed by atoms with E-state index in [0.29, 0.717) is 0 Å². The quantitative estimate of drug-likeness (QED) is 0.613. The van der Waals surface area contributed by atoms with Gasteiger partial charge in [0.1, 0.15) is 0 Å². The molecule has 1 amide bonds. The Hall–Kier alpha value is -2.85. The standard InChI is InChI=1S/C21H20ClN3O/c1-14-12-17(15(2)25(14)21-10-4-18(22)5-11-21)13-23-19-6-8-20(9-7-19)24-16(3)26/h4-13H,1-3H3,(H,24,26). The number of rotatable bonds is 4. The summed E-state index contributed by atoms with van der Waals surface area (Å²) in [6.07, 6.45) is 1.86. The molecule has 1 heterocycles. The van der Waals surface area contributed by atoms with E-state index in [9.17, 15) is 4.79 Å². The third kappa shape index (κ3) is 4.03. The number of anilines is 1. The lowest BCUT2D eigenvalue weighted by Crippen LogP contribution is -2.04. The Morgan fingerprint density at radius 1 is 1.08 bits per heavy atom. The number of carbonyl (C=O) groups excluding carboxylic acids is 1. The molecule has 0 fully saturated rings. The van der Waals surface area contributed by atoms with Crippen molar-refractivity contribution in [1.29, 1.82) is 0 Å². The van der Waals surface area contributed by atoms with Crippen LogP contribution in [0, 0.1) is 13.8 Å². The Kier molecular flexibility index (Phi) is 5.24. The third-order valence-electron chi connectivity index (χ3n) is 4.10. The van der Waals surface area contributed by atoms with Crippen molar-refractivity contribution < 1.29 is 4.79 Å². The maximum atomic E-state index is 11.1. The number of amides is 1. The van der Waals surface area contributed by atoms with Gasteiger partial charge < -0.3 is 9.88 Å². The zero-order chi connectivity index (χ0) is 18.7. The molecule has 2 aromatic carbocycles. The molecule has 1 N–H and O–H groups in total. The number of nitrogens with zero attached hydrogens (tertiary/aromatic N) is 2. The van der Waals surface area contributed by atoms with Crippen LogP contribution in [-0.4, -0.2) is 16.7 Å². The zero-order valence-corrected chi connectivity index (χ0v) is 15.7. The van der Waals surface area contributed by atoms with Crippen LogP contribution in [0.25, 0.3) is 5.69 Å². The highest BCUT2D eigenvalue weighted by atomic mass is 35.5. The molecule has 3 rings (SSSR count). The molecule has 3 aromatic rings. The maximum absolute atomic E-state index is 11.1. The number of halogens is 1. The van der Waals surface area contributed by atoms with Crippen molar-refractivity contribution in [3.05, 3.63) is 76.6 Å². The van der Waals surface area contributed by atoms with E-state index < -0.39 is 0 Å². The smallest absolute Gasteiger partial charge is 0.221 e. The van der Waals surface area contributed by atoms with Crippen LogP contribution in [0.15, 0.2) is 59.6 Å². The first-order valence-corrected chi connectivity index (χ1v) is 8.68. The minimum Gasteiger partial charge on any atom is -0.326 e. The van der Waals surface area contributed by atoms with Gasteiger partial charge >= 0.3 is 0 Å². The fourth-order valence-electron chi connectivity index (χ4n) is 2.88. The number of hydrogen-bond donors (Lipinski definition) is 1. The van der Waals surface area contributed by atoms with E-state index in [0.717, 1.165) is 39.0 Å². The second kappa shape index (κ2) is 7.58. The van der Waals surface area contributed by atoms with Gasteiger partial charge in [-0.3, -0.25) is 9.79 Å². The molecule has 0 saturated carbocycles. The van der Waals surface area contributed by atoms with E-state index in [1.54, 1.807) is 0 Å². The summed E-state index contributed by atoms with van der Waals surface area (Å²) in [6, 6.07) is 17.3. The SMILES string of the molecule is CC(=O)Nc1ccc(N=Cc2cc(C)n(-c3ccc(Cl)cc3)c2C)cc1. The van der Waals surface area contributed by atoms with Crippen LogP contribution < -0.4 is 5.32 Å². The topological polar surface area (TPSA) is 46.4 Å². The lowest BCUT2D eigenvalue weighted by molar-refractivity contribution is -0.114. The zero-order valence-electron chi connectivity index (χ0n) is 15.0. The number of aryl methyl sites for hydroxylation is 1. The second-order valence-electron chi connectivity index (χ2n) is 6.12. The Morgan fingerprint density at radius 3 is 2.35 bits per heavy atom. The molecule has 5 heteroatoms. The van der Waals surface area contributed by atoms with E-state index in [4.69, 9.17) is 11.6 Å². The maximum Gasteiger partial charge on any atom is 0.221 e. The molecule has 0 aliphatic heterocycles. The lowest BCUT2D eigenvalue weighted by atomic mass is 10.2. The van der Waals surface area contributed by atoms with E-state index >= 15 is 0 Å². The number of aromatic nitrogens is 1. The summed E-state index contributed by atoms with van der Waals surface area (Å²) in [5, 5.41) is 3.47. The normalized spacial score (nSPS) is 11.1. The van der Waals surface area contributed by atoms with Crippen LogP contribution >= 0.6 is 11.6 Å². The lowest BCUT2D eigenvalue weighted by Gasteiger charge is -2.09. The molecule has 26 heavy (non-hydrogen) atoms. The van der Waals surface area contributed by atoms with Gasteiger partial charge in [0.15, 0.2) is 0 Å². The predicted molar refractivity (Wildman–Crippen MR) is 108 cm³/mol. The Balaban J connectivity index is 1.84. The fraction of sp³-hybridized carbons (Fsp3) is 0.143. The summed E-state index contributed by atoms with van der Waals surface area (Å²) in [5.41, 5.74) is 5.97. The van der Waals surface area contributed by atoms with Crippen molar-refractivity contribution in [3.8, 4) is 5.69 Å². The molecule has 0 saturated heterocycles. The highest BCUT2D eigenvalue weighted by Gasteiger charge is 2.09. The molecule has 4 nitrogen and oxygen atoms in total. The summed E-state index contributed by atoms with van der Waals surface area (Å²) >= 11 is 5.99. The summed E-state index contributed by atoms with van der Waals surface area (Å²) < 4.78 is 2.18. The number of carbonyl (C=O) groups is 1. The first-order chi connectivity index (χ1) is 12.4. The van der Waals surface area contributed by atoms with Crippen LogP contribution in [0.4, 0.5) is 11.4 Å². The van der Waals surface area contributed by atoms with Crippen molar-refractivity contribution in [3.63, 3.8) is 0 Å². The van der Waals surface area contributed by atoms with E-state index in [1.807, 2.05) is 54.7 Å². The average Bonchev–Trinajstić information content (AvgIpc) is 2.89. The molecule has 0 aliphatic rings. The van der Waals surface area contributed by atoms with Gasteiger partial charge in [0.25, 0.3) is 0 Å². The Morgan fingerprint density at radius 2 is 1.73 bits per heavy atom. The van der Waals surface area contributed by atoms with Gasteiger partial charge in [0.05, 0.1) is 5.69 Å². The van der Waals surface area contributed by atoms with E-state index in [2.05, 4.69) is 34.8 Å². The van der Waals surface area contributed by atoms with Gasteiger partial charge in [-0.1, -0.05) is 11.6 Å². The van der Waals surface area contributed by atoms with Crippen LogP contribution in [0.1, 0.15) is 23.9 Å². The van der Waals surface area contributed by atoms with Crippen molar-refractivity contribution in [2.75, 3.05) is 5.32 Å².